The van der Waals surface area contributed by atoms with Gasteiger partial charge in [-0.2, -0.15) is 0 Å². The Morgan fingerprint density at radius 2 is 1.48 bits per heavy atom. The molecule has 0 aromatic heterocycles. The van der Waals surface area contributed by atoms with Gasteiger partial charge in [-0.1, -0.05) is 0 Å². The van der Waals surface area contributed by atoms with Gasteiger partial charge in [-0.15, -0.1) is 0 Å². The van der Waals surface area contributed by atoms with Crippen LogP contribution in [0.1, 0.15) is 31.1 Å². The Morgan fingerprint density at radius 1 is 0.857 bits per heavy atom. The number of rotatable bonds is 5. The predicted molar refractivity (Wildman–Crippen MR) is 72.3 cm³/mol. The van der Waals surface area contributed by atoms with E-state index in [1.807, 2.05) is 0 Å². The van der Waals surface area contributed by atoms with Gasteiger partial charge in [0.2, 0.25) is 0 Å². The monoisotopic (exact) mass is 286 g/mol. The second-order valence-corrected chi connectivity index (χ2v) is 4.15. The average molecular weight is 286 g/mol. The number of benzene rings is 2. The van der Waals surface area contributed by atoms with E-state index in [2.05, 4.69) is 0 Å². The predicted octanol–water partition coefficient (Wildman–Crippen LogP) is 2.69. The van der Waals surface area contributed by atoms with Crippen molar-refractivity contribution < 1.29 is 29.3 Å². The Kier molecular flexibility index (Phi) is 3.99. The second kappa shape index (κ2) is 5.87. The van der Waals surface area contributed by atoms with Gasteiger partial charge in [0.25, 0.3) is 0 Å². The highest BCUT2D eigenvalue weighted by atomic mass is 16.5. The number of aldehydes is 1. The molecule has 0 aliphatic carbocycles. The van der Waals surface area contributed by atoms with Crippen LogP contribution in [0.5, 0.6) is 11.5 Å². The third-order valence-electron chi connectivity index (χ3n) is 2.65. The number of aromatic carboxylic acids is 2. The van der Waals surface area contributed by atoms with Crippen LogP contribution in [0.4, 0.5) is 0 Å². The number of hydrogen-bond acceptors (Lipinski definition) is 4. The van der Waals surface area contributed by atoms with Gasteiger partial charge in [0.15, 0.2) is 0 Å². The topological polar surface area (TPSA) is 101 Å². The highest BCUT2D eigenvalue weighted by Gasteiger charge is 2.09. The molecule has 0 heterocycles. The van der Waals surface area contributed by atoms with Crippen molar-refractivity contribution in [2.75, 3.05) is 0 Å². The van der Waals surface area contributed by atoms with Crippen LogP contribution in [0, 0.1) is 0 Å². The number of hydrogen-bond donors (Lipinski definition) is 2. The second-order valence-electron chi connectivity index (χ2n) is 4.15. The van der Waals surface area contributed by atoms with Crippen molar-refractivity contribution >= 4 is 18.2 Å². The van der Waals surface area contributed by atoms with E-state index in [0.717, 1.165) is 0 Å². The molecule has 0 spiro atoms. The minimum absolute atomic E-state index is 0.0724. The lowest BCUT2D eigenvalue weighted by Gasteiger charge is -2.07. The van der Waals surface area contributed by atoms with E-state index in [4.69, 9.17) is 14.9 Å². The smallest absolute Gasteiger partial charge is 0.335 e. The number of carboxylic acid groups (broad SMARTS) is 2. The summed E-state index contributed by atoms with van der Waals surface area (Å²) in [5, 5.41) is 17.7. The minimum atomic E-state index is -1.18. The molecule has 0 amide bonds. The lowest BCUT2D eigenvalue weighted by atomic mass is 10.1. The van der Waals surface area contributed by atoms with Crippen molar-refractivity contribution in [1.29, 1.82) is 0 Å². The maximum absolute atomic E-state index is 11.0. The number of carboxylic acids is 2. The molecule has 0 aliphatic rings. The maximum atomic E-state index is 11.0. The molecule has 6 nitrogen and oxygen atoms in total. The molecule has 21 heavy (non-hydrogen) atoms. The lowest BCUT2D eigenvalue weighted by Crippen LogP contribution is -1.99. The van der Waals surface area contributed by atoms with Gasteiger partial charge in [0.05, 0.1) is 11.1 Å². The molecule has 0 atom stereocenters. The molecule has 0 aliphatic heterocycles. The summed E-state index contributed by atoms with van der Waals surface area (Å²) >= 11 is 0. The molecule has 2 rings (SSSR count). The number of carbonyl (C=O) groups excluding carboxylic acids is 1. The van der Waals surface area contributed by atoms with Crippen molar-refractivity contribution in [2.45, 2.75) is 0 Å². The van der Waals surface area contributed by atoms with Crippen molar-refractivity contribution in [1.82, 2.24) is 0 Å². The summed E-state index contributed by atoms with van der Waals surface area (Å²) in [6.07, 6.45) is 0.521. The normalized spacial score (nSPS) is 9.90. The van der Waals surface area contributed by atoms with E-state index in [9.17, 15) is 14.4 Å². The highest BCUT2D eigenvalue weighted by molar-refractivity contribution is 5.91. The van der Waals surface area contributed by atoms with Gasteiger partial charge in [0, 0.05) is 5.56 Å². The van der Waals surface area contributed by atoms with Crippen LogP contribution in [0.3, 0.4) is 0 Å². The molecule has 6 heteroatoms. The quantitative estimate of drug-likeness (QED) is 0.819. The average Bonchev–Trinajstić information content (AvgIpc) is 2.47. The van der Waals surface area contributed by atoms with Crippen molar-refractivity contribution in [2.24, 2.45) is 0 Å². The van der Waals surface area contributed by atoms with Crippen molar-refractivity contribution in [3.05, 3.63) is 59.2 Å². The van der Waals surface area contributed by atoms with E-state index in [0.29, 0.717) is 12.0 Å². The SMILES string of the molecule is O=Cc1cc(Oc2ccc(C(=O)O)cc2)cc(C(=O)O)c1. The maximum Gasteiger partial charge on any atom is 0.335 e. The van der Waals surface area contributed by atoms with E-state index in [-0.39, 0.29) is 22.4 Å². The molecule has 0 saturated heterocycles. The van der Waals surface area contributed by atoms with Crippen LogP contribution in [0.15, 0.2) is 42.5 Å². The fourth-order valence-corrected chi connectivity index (χ4v) is 1.67. The largest absolute Gasteiger partial charge is 0.478 e. The molecule has 0 fully saturated rings. The standard InChI is InChI=1S/C15H10O6/c16-8-9-5-11(15(19)20)7-13(6-9)21-12-3-1-10(2-4-12)14(17)18/h1-8H,(H,17,18)(H,19,20). The first-order valence-corrected chi connectivity index (χ1v) is 5.84. The molecule has 0 bridgehead atoms. The zero-order valence-electron chi connectivity index (χ0n) is 10.6. The third-order valence-corrected chi connectivity index (χ3v) is 2.65. The molecule has 0 unspecified atom stereocenters. The van der Waals surface area contributed by atoms with Gasteiger partial charge in [-0.3, -0.25) is 4.79 Å². The first kappa shape index (κ1) is 14.3. The van der Waals surface area contributed by atoms with E-state index in [1.54, 1.807) is 0 Å². The molecule has 2 N–H and O–H groups in total. The Labute approximate surface area is 119 Å². The first-order valence-electron chi connectivity index (χ1n) is 5.84. The summed E-state index contributed by atoms with van der Waals surface area (Å²) in [6, 6.07) is 9.51. The first-order chi connectivity index (χ1) is 9.99. The number of carbonyl (C=O) groups is 3. The number of ether oxygens (including phenoxy) is 1. The van der Waals surface area contributed by atoms with Crippen molar-refractivity contribution in [3.8, 4) is 11.5 Å². The van der Waals surface area contributed by atoms with E-state index in [1.165, 1.54) is 42.5 Å². The molecular weight excluding hydrogens is 276 g/mol. The molecule has 106 valence electrons. The summed E-state index contributed by atoms with van der Waals surface area (Å²) in [7, 11) is 0. The summed E-state index contributed by atoms with van der Waals surface area (Å²) in [6.45, 7) is 0. The summed E-state index contributed by atoms with van der Waals surface area (Å²) < 4.78 is 5.43. The summed E-state index contributed by atoms with van der Waals surface area (Å²) in [4.78, 5) is 32.5. The van der Waals surface area contributed by atoms with Gasteiger partial charge < -0.3 is 14.9 Å². The molecule has 2 aromatic rings. The van der Waals surface area contributed by atoms with Gasteiger partial charge in [-0.25, -0.2) is 9.59 Å². The Hall–Kier alpha value is -3.15. The highest BCUT2D eigenvalue weighted by Crippen LogP contribution is 2.24. The van der Waals surface area contributed by atoms with E-state index < -0.39 is 11.9 Å². The van der Waals surface area contributed by atoms with Crippen LogP contribution in [0.2, 0.25) is 0 Å². The van der Waals surface area contributed by atoms with Crippen LogP contribution < -0.4 is 4.74 Å². The van der Waals surface area contributed by atoms with Crippen LogP contribution >= 0.6 is 0 Å². The molecular formula is C15H10O6. The fraction of sp³-hybridized carbons (Fsp3) is 0. The van der Waals surface area contributed by atoms with Gasteiger partial charge in [0.1, 0.15) is 17.8 Å². The molecule has 0 saturated carbocycles. The molecule has 2 aromatic carbocycles. The van der Waals surface area contributed by atoms with E-state index >= 15 is 0 Å². The van der Waals surface area contributed by atoms with Gasteiger partial charge >= 0.3 is 11.9 Å². The summed E-state index contributed by atoms with van der Waals surface area (Å²) in [5.41, 5.74) is 0.207. The molecule has 0 radical (unpaired) electrons. The Bertz CT molecular complexity index is 703. The van der Waals surface area contributed by atoms with Crippen LogP contribution in [-0.2, 0) is 0 Å². The minimum Gasteiger partial charge on any atom is -0.478 e. The summed E-state index contributed by atoms with van der Waals surface area (Å²) in [5.74, 6) is -1.72. The van der Waals surface area contributed by atoms with Gasteiger partial charge in [-0.05, 0) is 42.5 Å². The zero-order chi connectivity index (χ0) is 15.4. The third kappa shape index (κ3) is 3.44. The lowest BCUT2D eigenvalue weighted by molar-refractivity contribution is 0.0685. The zero-order valence-corrected chi connectivity index (χ0v) is 10.6. The Morgan fingerprint density at radius 3 is 2.00 bits per heavy atom. The fourth-order valence-electron chi connectivity index (χ4n) is 1.67. The van der Waals surface area contributed by atoms with Crippen molar-refractivity contribution in [3.63, 3.8) is 0 Å². The van der Waals surface area contributed by atoms with Crippen LogP contribution in [-0.4, -0.2) is 28.4 Å². The Balaban J connectivity index is 2.30. The van der Waals surface area contributed by atoms with Crippen LogP contribution in [0.25, 0.3) is 0 Å².